The number of ketones is 1. The molecule has 5 rings (SSSR count). The lowest BCUT2D eigenvalue weighted by atomic mass is 9.37. The third-order valence-electron chi connectivity index (χ3n) is 9.87. The van der Waals surface area contributed by atoms with Crippen LogP contribution in [-0.2, 0) is 38.1 Å². The summed E-state index contributed by atoms with van der Waals surface area (Å²) in [5.41, 5.74) is -2.17. The second kappa shape index (κ2) is 8.45. The monoisotopic (exact) mass is 534 g/mol. The van der Waals surface area contributed by atoms with Crippen LogP contribution >= 0.6 is 0 Å². The Balaban J connectivity index is 1.81. The zero-order chi connectivity index (χ0) is 28.1. The first-order valence-corrected chi connectivity index (χ1v) is 12.8. The van der Waals surface area contributed by atoms with Crippen LogP contribution in [0.1, 0.15) is 41.5 Å². The third-order valence-corrected chi connectivity index (χ3v) is 9.87. The number of carbonyl (C=O) groups excluding carboxylic acids is 4. The van der Waals surface area contributed by atoms with Gasteiger partial charge in [-0.25, -0.2) is 9.59 Å². The molecule has 0 radical (unpaired) electrons. The zero-order valence-electron chi connectivity index (χ0n) is 22.2. The summed E-state index contributed by atoms with van der Waals surface area (Å²) in [4.78, 5) is 51.6. The standard InChI is InChI=1S/C27H34O11/c1-7-10(2)22(32)37-17-15-11(3)8-14(29)20(31)25(15,6)24-26-9-35-27(24,34)19(30)12(4)16(26)18(36-13(5)28)23(33)38-21(17)26/h7-8,12,15-21,24,30-31,34H,9H2,1-6H3/t12-,15-,16-,17-,18-,19-,20-,21-,24-,25-,26-,27+/m1/s1. The van der Waals surface area contributed by atoms with Crippen molar-refractivity contribution in [2.45, 2.75) is 77.8 Å². The Hall–Kier alpha value is -2.60. The predicted octanol–water partition coefficient (Wildman–Crippen LogP) is 0.196. The van der Waals surface area contributed by atoms with Gasteiger partial charge in [0.1, 0.15) is 24.4 Å². The number of aliphatic hydroxyl groups is 3. The van der Waals surface area contributed by atoms with Gasteiger partial charge in [-0.1, -0.05) is 25.5 Å². The second-order valence-corrected chi connectivity index (χ2v) is 11.7. The molecule has 38 heavy (non-hydrogen) atoms. The number of allylic oxidation sites excluding steroid dienone is 1. The Morgan fingerprint density at radius 3 is 2.45 bits per heavy atom. The van der Waals surface area contributed by atoms with E-state index in [2.05, 4.69) is 0 Å². The summed E-state index contributed by atoms with van der Waals surface area (Å²) in [6.07, 6.45) is -4.24. The number of ether oxygens (including phenoxy) is 4. The molecule has 0 aromatic heterocycles. The van der Waals surface area contributed by atoms with Gasteiger partial charge in [-0.15, -0.1) is 0 Å². The maximum atomic E-state index is 13.4. The fraction of sp³-hybridized carbons (Fsp3) is 0.704. The van der Waals surface area contributed by atoms with E-state index in [4.69, 9.17) is 18.9 Å². The Bertz CT molecular complexity index is 1170. The highest BCUT2D eigenvalue weighted by molar-refractivity contribution is 5.96. The molecule has 11 nitrogen and oxygen atoms in total. The highest BCUT2D eigenvalue weighted by atomic mass is 16.7. The number of hydrogen-bond donors (Lipinski definition) is 3. The highest BCUT2D eigenvalue weighted by Gasteiger charge is 2.85. The summed E-state index contributed by atoms with van der Waals surface area (Å²) in [6, 6.07) is 0. The predicted molar refractivity (Wildman–Crippen MR) is 127 cm³/mol. The van der Waals surface area contributed by atoms with E-state index in [1.807, 2.05) is 0 Å². The third kappa shape index (κ3) is 3.10. The van der Waals surface area contributed by atoms with Gasteiger partial charge in [0, 0.05) is 35.7 Å². The molecule has 4 fully saturated rings. The lowest BCUT2D eigenvalue weighted by molar-refractivity contribution is -0.352. The van der Waals surface area contributed by atoms with Crippen molar-refractivity contribution in [3.8, 4) is 0 Å². The molecule has 208 valence electrons. The second-order valence-electron chi connectivity index (χ2n) is 11.7. The summed E-state index contributed by atoms with van der Waals surface area (Å²) in [5.74, 6) is -9.01. The van der Waals surface area contributed by atoms with Crippen molar-refractivity contribution in [3.63, 3.8) is 0 Å². The molecule has 0 aromatic carbocycles. The SMILES string of the molecule is CC=C(C)C(=O)O[C@@H]1[C@H]2C(C)=CC(=O)[C@@H](O)[C@]2(C)[C@H]2[C@@]3(O)OC[C@]24[C@H]([C@@H](C)[C@H]3O)[C@@H](OC(C)=O)C(=O)O[C@H]14. The minimum Gasteiger partial charge on any atom is -0.455 e. The first-order chi connectivity index (χ1) is 17.7. The number of fused-ring (bicyclic) bond motifs is 1. The van der Waals surface area contributed by atoms with Crippen LogP contribution in [0.4, 0.5) is 0 Å². The lowest BCUT2D eigenvalue weighted by Gasteiger charge is -2.69. The van der Waals surface area contributed by atoms with Gasteiger partial charge in [-0.2, -0.15) is 0 Å². The van der Waals surface area contributed by atoms with Crippen LogP contribution in [0.25, 0.3) is 0 Å². The van der Waals surface area contributed by atoms with E-state index in [-0.39, 0.29) is 6.61 Å². The zero-order valence-corrected chi connectivity index (χ0v) is 22.2. The molecule has 0 aromatic rings. The smallest absolute Gasteiger partial charge is 0.348 e. The van der Waals surface area contributed by atoms with Crippen molar-refractivity contribution in [1.29, 1.82) is 0 Å². The molecule has 3 aliphatic carbocycles. The van der Waals surface area contributed by atoms with Crippen LogP contribution in [0.5, 0.6) is 0 Å². The van der Waals surface area contributed by atoms with Crippen molar-refractivity contribution >= 4 is 23.7 Å². The minimum atomic E-state index is -2.24. The van der Waals surface area contributed by atoms with Gasteiger partial charge in [-0.3, -0.25) is 9.59 Å². The van der Waals surface area contributed by atoms with Crippen molar-refractivity contribution in [2.24, 2.45) is 34.5 Å². The average molecular weight is 535 g/mol. The highest BCUT2D eigenvalue weighted by Crippen LogP contribution is 2.74. The van der Waals surface area contributed by atoms with Crippen molar-refractivity contribution in [1.82, 2.24) is 0 Å². The Kier molecular flexibility index (Phi) is 6.00. The summed E-state index contributed by atoms with van der Waals surface area (Å²) < 4.78 is 23.3. The largest absolute Gasteiger partial charge is 0.455 e. The molecule has 0 amide bonds. The Labute approximate surface area is 219 Å². The molecule has 1 spiro atoms. The molecule has 12 atom stereocenters. The van der Waals surface area contributed by atoms with E-state index < -0.39 is 94.5 Å². The lowest BCUT2D eigenvalue weighted by Crippen LogP contribution is -2.81. The number of esters is 3. The van der Waals surface area contributed by atoms with Crippen LogP contribution in [0.2, 0.25) is 0 Å². The van der Waals surface area contributed by atoms with Gasteiger partial charge in [0.15, 0.2) is 11.6 Å². The van der Waals surface area contributed by atoms with Crippen LogP contribution in [0, 0.1) is 34.5 Å². The number of aliphatic hydroxyl groups excluding tert-OH is 2. The molecule has 5 aliphatic rings. The maximum absolute atomic E-state index is 13.4. The van der Waals surface area contributed by atoms with Gasteiger partial charge >= 0.3 is 17.9 Å². The molecule has 2 aliphatic heterocycles. The summed E-state index contributed by atoms with van der Waals surface area (Å²) >= 11 is 0. The number of rotatable bonds is 3. The topological polar surface area (TPSA) is 166 Å². The molecule has 3 N–H and O–H groups in total. The Morgan fingerprint density at radius 1 is 1.18 bits per heavy atom. The summed E-state index contributed by atoms with van der Waals surface area (Å²) in [7, 11) is 0. The van der Waals surface area contributed by atoms with Crippen LogP contribution in [0.15, 0.2) is 23.3 Å². The molecular formula is C27H34O11. The van der Waals surface area contributed by atoms with Gasteiger partial charge in [-0.05, 0) is 32.8 Å². The minimum absolute atomic E-state index is 0.265. The van der Waals surface area contributed by atoms with E-state index in [1.54, 1.807) is 40.7 Å². The van der Waals surface area contributed by atoms with E-state index in [9.17, 15) is 34.5 Å². The van der Waals surface area contributed by atoms with Crippen molar-refractivity contribution in [2.75, 3.05) is 6.61 Å². The first kappa shape index (κ1) is 27.0. The van der Waals surface area contributed by atoms with E-state index in [0.29, 0.717) is 11.1 Å². The number of carbonyl (C=O) groups is 4. The summed E-state index contributed by atoms with van der Waals surface area (Å²) in [6.45, 7) is 8.95. The number of hydrogen-bond acceptors (Lipinski definition) is 11. The molecular weight excluding hydrogens is 500 g/mol. The molecule has 2 saturated carbocycles. The first-order valence-electron chi connectivity index (χ1n) is 12.8. The van der Waals surface area contributed by atoms with Crippen LogP contribution in [0.3, 0.4) is 0 Å². The van der Waals surface area contributed by atoms with E-state index in [0.717, 1.165) is 6.92 Å². The van der Waals surface area contributed by atoms with Gasteiger partial charge in [0.2, 0.25) is 6.10 Å². The summed E-state index contributed by atoms with van der Waals surface area (Å²) in [5, 5.41) is 34.8. The van der Waals surface area contributed by atoms with Crippen molar-refractivity contribution < 1.29 is 53.4 Å². The van der Waals surface area contributed by atoms with Crippen LogP contribution in [-0.4, -0.2) is 81.9 Å². The fourth-order valence-corrected chi connectivity index (χ4v) is 8.49. The van der Waals surface area contributed by atoms with Gasteiger partial charge in [0.25, 0.3) is 0 Å². The molecule has 0 unspecified atom stereocenters. The quantitative estimate of drug-likeness (QED) is 0.257. The van der Waals surface area contributed by atoms with Gasteiger partial charge in [0.05, 0.1) is 12.0 Å². The van der Waals surface area contributed by atoms with E-state index in [1.165, 1.54) is 6.08 Å². The molecule has 2 bridgehead atoms. The molecule has 11 heteroatoms. The van der Waals surface area contributed by atoms with Gasteiger partial charge < -0.3 is 34.3 Å². The fourth-order valence-electron chi connectivity index (χ4n) is 8.49. The van der Waals surface area contributed by atoms with Crippen molar-refractivity contribution in [3.05, 3.63) is 23.3 Å². The average Bonchev–Trinajstić information content (AvgIpc) is 3.13. The maximum Gasteiger partial charge on any atom is 0.348 e. The molecule has 2 heterocycles. The van der Waals surface area contributed by atoms with E-state index >= 15 is 0 Å². The molecule has 2 saturated heterocycles. The van der Waals surface area contributed by atoms with Crippen LogP contribution < -0.4 is 0 Å². The Morgan fingerprint density at radius 2 is 1.84 bits per heavy atom. The normalized spacial score (nSPS) is 49.3.